The van der Waals surface area contributed by atoms with Gasteiger partial charge in [0.25, 0.3) is 5.56 Å². The summed E-state index contributed by atoms with van der Waals surface area (Å²) in [5, 5.41) is 13.8. The van der Waals surface area contributed by atoms with Gasteiger partial charge >= 0.3 is 0 Å². The van der Waals surface area contributed by atoms with Gasteiger partial charge in [-0.2, -0.15) is 10.2 Å². The third-order valence-electron chi connectivity index (χ3n) is 4.16. The molecule has 0 aliphatic carbocycles. The minimum Gasteiger partial charge on any atom is -0.326 e. The van der Waals surface area contributed by atoms with Gasteiger partial charge in [-0.1, -0.05) is 42.5 Å². The van der Waals surface area contributed by atoms with Crippen molar-refractivity contribution in [1.82, 2.24) is 19.8 Å². The van der Waals surface area contributed by atoms with E-state index in [1.807, 2.05) is 61.5 Å². The molecule has 0 fully saturated rings. The predicted molar refractivity (Wildman–Crippen MR) is 103 cm³/mol. The smallest absolute Gasteiger partial charge is 0.290 e. The molecule has 0 atom stereocenters. The Morgan fingerprint density at radius 2 is 1.93 bits per heavy atom. The Kier molecular flexibility index (Phi) is 4.25. The highest BCUT2D eigenvalue weighted by Crippen LogP contribution is 2.18. The number of H-pyrrole nitrogens is 1. The molecule has 7 heteroatoms. The van der Waals surface area contributed by atoms with Crippen molar-refractivity contribution in [3.63, 3.8) is 0 Å². The average Bonchev–Trinajstić information content (AvgIpc) is 3.11. The molecule has 0 spiro atoms. The van der Waals surface area contributed by atoms with Crippen LogP contribution in [0.2, 0.25) is 0 Å². The van der Waals surface area contributed by atoms with Crippen molar-refractivity contribution in [1.29, 1.82) is 0 Å². The number of rotatable bonds is 4. The van der Waals surface area contributed by atoms with Crippen molar-refractivity contribution in [3.05, 3.63) is 82.4 Å². The molecular weight excluding hydrogens is 342 g/mol. The maximum absolute atomic E-state index is 12.4. The largest absolute Gasteiger partial charge is 0.326 e. The second-order valence-corrected chi connectivity index (χ2v) is 6.26. The maximum Gasteiger partial charge on any atom is 0.290 e. The molecule has 2 aromatic carbocycles. The van der Waals surface area contributed by atoms with Crippen molar-refractivity contribution >= 4 is 17.1 Å². The number of hydrogen-bond donors (Lipinski definition) is 2. The summed E-state index contributed by atoms with van der Waals surface area (Å²) in [6.07, 6.45) is -0.0167. The van der Waals surface area contributed by atoms with Crippen molar-refractivity contribution in [2.75, 3.05) is 5.32 Å². The SMILES string of the molecule is Cc1cccc(NC(=O)Cc2n[nH]c(=O)c3cc(-c4ccccc4)nn23)c1. The van der Waals surface area contributed by atoms with Crippen molar-refractivity contribution in [2.24, 2.45) is 0 Å². The molecule has 7 nitrogen and oxygen atoms in total. The summed E-state index contributed by atoms with van der Waals surface area (Å²) in [5.74, 6) is 0.121. The Morgan fingerprint density at radius 3 is 2.70 bits per heavy atom. The molecule has 4 rings (SSSR count). The molecule has 0 bridgehead atoms. The van der Waals surface area contributed by atoms with E-state index in [9.17, 15) is 9.59 Å². The number of aromatic amines is 1. The van der Waals surface area contributed by atoms with E-state index in [-0.39, 0.29) is 17.9 Å². The van der Waals surface area contributed by atoms with E-state index in [1.165, 1.54) is 4.52 Å². The quantitative estimate of drug-likeness (QED) is 0.586. The second kappa shape index (κ2) is 6.87. The number of nitrogens with zero attached hydrogens (tertiary/aromatic N) is 3. The zero-order chi connectivity index (χ0) is 18.8. The van der Waals surface area contributed by atoms with Gasteiger partial charge in [-0.3, -0.25) is 9.59 Å². The summed E-state index contributed by atoms with van der Waals surface area (Å²) in [4.78, 5) is 24.5. The van der Waals surface area contributed by atoms with E-state index in [0.29, 0.717) is 22.7 Å². The van der Waals surface area contributed by atoms with Crippen molar-refractivity contribution in [3.8, 4) is 11.3 Å². The van der Waals surface area contributed by atoms with Crippen LogP contribution in [0.3, 0.4) is 0 Å². The zero-order valence-corrected chi connectivity index (χ0v) is 14.6. The number of aryl methyl sites for hydroxylation is 1. The molecule has 2 N–H and O–H groups in total. The number of nitrogens with one attached hydrogen (secondary N) is 2. The highest BCUT2D eigenvalue weighted by atomic mass is 16.1. The molecule has 2 aromatic heterocycles. The van der Waals surface area contributed by atoms with Gasteiger partial charge in [0.05, 0.1) is 12.1 Å². The van der Waals surface area contributed by atoms with E-state index >= 15 is 0 Å². The molecule has 0 saturated carbocycles. The summed E-state index contributed by atoms with van der Waals surface area (Å²) < 4.78 is 1.43. The van der Waals surface area contributed by atoms with Crippen LogP contribution < -0.4 is 10.9 Å². The predicted octanol–water partition coefficient (Wildman–Crippen LogP) is 2.57. The van der Waals surface area contributed by atoms with E-state index < -0.39 is 0 Å². The Balaban J connectivity index is 1.65. The van der Waals surface area contributed by atoms with Gasteiger partial charge in [0.15, 0.2) is 5.82 Å². The fraction of sp³-hybridized carbons (Fsp3) is 0.100. The van der Waals surface area contributed by atoms with Crippen LogP contribution in [0.4, 0.5) is 5.69 Å². The van der Waals surface area contributed by atoms with Gasteiger partial charge in [0, 0.05) is 11.3 Å². The Morgan fingerprint density at radius 1 is 1.11 bits per heavy atom. The molecule has 134 valence electrons. The topological polar surface area (TPSA) is 92.1 Å². The molecule has 0 unspecified atom stereocenters. The third kappa shape index (κ3) is 3.48. The number of anilines is 1. The molecule has 1 amide bonds. The Labute approximate surface area is 154 Å². The van der Waals surface area contributed by atoms with Gasteiger partial charge in [-0.15, -0.1) is 0 Å². The number of amides is 1. The lowest BCUT2D eigenvalue weighted by molar-refractivity contribution is -0.115. The van der Waals surface area contributed by atoms with Crippen LogP contribution in [-0.2, 0) is 11.2 Å². The lowest BCUT2D eigenvalue weighted by atomic mass is 10.1. The molecule has 2 heterocycles. The lowest BCUT2D eigenvalue weighted by Gasteiger charge is -2.06. The first-order valence-corrected chi connectivity index (χ1v) is 8.49. The summed E-state index contributed by atoms with van der Waals surface area (Å²) in [6.45, 7) is 1.96. The highest BCUT2D eigenvalue weighted by molar-refractivity contribution is 5.92. The van der Waals surface area contributed by atoms with Crippen molar-refractivity contribution in [2.45, 2.75) is 13.3 Å². The van der Waals surface area contributed by atoms with Crippen LogP contribution in [-0.4, -0.2) is 25.7 Å². The van der Waals surface area contributed by atoms with E-state index in [2.05, 4.69) is 20.6 Å². The fourth-order valence-corrected chi connectivity index (χ4v) is 2.90. The highest BCUT2D eigenvalue weighted by Gasteiger charge is 2.14. The Bertz CT molecular complexity index is 1180. The second-order valence-electron chi connectivity index (χ2n) is 6.26. The van der Waals surface area contributed by atoms with Crippen LogP contribution in [0.1, 0.15) is 11.4 Å². The zero-order valence-electron chi connectivity index (χ0n) is 14.6. The third-order valence-corrected chi connectivity index (χ3v) is 4.16. The molecular formula is C20H17N5O2. The van der Waals surface area contributed by atoms with Crippen LogP contribution in [0.25, 0.3) is 16.8 Å². The summed E-state index contributed by atoms with van der Waals surface area (Å²) in [7, 11) is 0. The number of carbonyl (C=O) groups is 1. The molecule has 0 aliphatic heterocycles. The molecule has 27 heavy (non-hydrogen) atoms. The first kappa shape index (κ1) is 16.7. The molecule has 4 aromatic rings. The van der Waals surface area contributed by atoms with Crippen LogP contribution >= 0.6 is 0 Å². The number of carbonyl (C=O) groups excluding carboxylic acids is 1. The van der Waals surface area contributed by atoms with Gasteiger partial charge in [0.2, 0.25) is 5.91 Å². The molecule has 0 aliphatic rings. The van der Waals surface area contributed by atoms with Gasteiger partial charge in [-0.05, 0) is 30.7 Å². The summed E-state index contributed by atoms with van der Waals surface area (Å²) in [5.41, 5.74) is 3.29. The average molecular weight is 359 g/mol. The number of benzene rings is 2. The van der Waals surface area contributed by atoms with Crippen LogP contribution in [0.15, 0.2) is 65.5 Å². The van der Waals surface area contributed by atoms with E-state index in [0.717, 1.165) is 11.1 Å². The van der Waals surface area contributed by atoms with Gasteiger partial charge in [0.1, 0.15) is 5.52 Å². The van der Waals surface area contributed by atoms with E-state index in [4.69, 9.17) is 0 Å². The van der Waals surface area contributed by atoms with Crippen LogP contribution in [0, 0.1) is 6.92 Å². The van der Waals surface area contributed by atoms with Gasteiger partial charge < -0.3 is 5.32 Å². The lowest BCUT2D eigenvalue weighted by Crippen LogP contribution is -2.22. The molecule has 0 radical (unpaired) electrons. The first-order chi connectivity index (χ1) is 13.1. The van der Waals surface area contributed by atoms with E-state index in [1.54, 1.807) is 6.07 Å². The minimum atomic E-state index is -0.354. The maximum atomic E-state index is 12.4. The normalized spacial score (nSPS) is 10.9. The summed E-state index contributed by atoms with van der Waals surface area (Å²) in [6, 6.07) is 18.8. The fourth-order valence-electron chi connectivity index (χ4n) is 2.90. The van der Waals surface area contributed by atoms with Crippen LogP contribution in [0.5, 0.6) is 0 Å². The number of hydrogen-bond acceptors (Lipinski definition) is 4. The minimum absolute atomic E-state index is 0.0167. The number of fused-ring (bicyclic) bond motifs is 1. The monoisotopic (exact) mass is 359 g/mol. The van der Waals surface area contributed by atoms with Crippen molar-refractivity contribution < 1.29 is 4.79 Å². The number of aromatic nitrogens is 4. The van der Waals surface area contributed by atoms with Gasteiger partial charge in [-0.25, -0.2) is 9.61 Å². The molecule has 0 saturated heterocycles. The standard InChI is InChI=1S/C20H17N5O2/c1-13-6-5-9-15(10-13)21-19(26)12-18-22-23-20(27)17-11-16(24-25(17)18)14-7-3-2-4-8-14/h2-11H,12H2,1H3,(H,21,26)(H,23,27). The Hall–Kier alpha value is -3.74. The first-order valence-electron chi connectivity index (χ1n) is 8.49. The summed E-state index contributed by atoms with van der Waals surface area (Å²) >= 11 is 0.